The lowest BCUT2D eigenvalue weighted by atomic mass is 10.2. The minimum Gasteiger partial charge on any atom is -0.467 e. The van der Waals surface area contributed by atoms with Gasteiger partial charge in [0.2, 0.25) is 5.91 Å². The summed E-state index contributed by atoms with van der Waals surface area (Å²) in [7, 11) is 0. The summed E-state index contributed by atoms with van der Waals surface area (Å²) in [5, 5.41) is 5.52. The molecule has 3 amide bonds. The number of halogens is 1. The Morgan fingerprint density at radius 1 is 1.36 bits per heavy atom. The van der Waals surface area contributed by atoms with Gasteiger partial charge in [-0.05, 0) is 55.7 Å². The van der Waals surface area contributed by atoms with Crippen LogP contribution < -0.4 is 10.6 Å². The molecule has 0 radical (unpaired) electrons. The van der Waals surface area contributed by atoms with Gasteiger partial charge in [-0.2, -0.15) is 0 Å². The number of rotatable bonds is 4. The van der Waals surface area contributed by atoms with E-state index in [9.17, 15) is 14.0 Å². The molecular weight excluding hydrogens is 325 g/mol. The number of likely N-dealkylation sites (tertiary alicyclic amines) is 1. The number of amides is 3. The number of hydrogen-bond acceptors (Lipinski definition) is 3. The zero-order valence-corrected chi connectivity index (χ0v) is 13.9. The second-order valence-corrected chi connectivity index (χ2v) is 6.04. The summed E-state index contributed by atoms with van der Waals surface area (Å²) in [5.74, 6) is 0.123. The average Bonchev–Trinajstić information content (AvgIpc) is 3.27. The fourth-order valence-electron chi connectivity index (χ4n) is 2.91. The minimum absolute atomic E-state index is 0.209. The Kier molecular flexibility index (Phi) is 5.02. The molecule has 0 unspecified atom stereocenters. The van der Waals surface area contributed by atoms with Crippen LogP contribution in [0.2, 0.25) is 0 Å². The molecular formula is C18H20FN3O3. The number of nitrogens with zero attached hydrogens (tertiary/aromatic N) is 1. The van der Waals surface area contributed by atoms with Gasteiger partial charge in [-0.3, -0.25) is 4.79 Å². The highest BCUT2D eigenvalue weighted by Crippen LogP contribution is 2.20. The van der Waals surface area contributed by atoms with Crippen LogP contribution in [0.5, 0.6) is 0 Å². The lowest BCUT2D eigenvalue weighted by Crippen LogP contribution is -2.47. The van der Waals surface area contributed by atoms with Crippen molar-refractivity contribution in [3.05, 3.63) is 53.7 Å². The van der Waals surface area contributed by atoms with E-state index in [1.807, 2.05) is 0 Å². The van der Waals surface area contributed by atoms with E-state index in [0.717, 1.165) is 6.42 Å². The second-order valence-electron chi connectivity index (χ2n) is 6.04. The summed E-state index contributed by atoms with van der Waals surface area (Å²) in [6, 6.07) is 7.02. The van der Waals surface area contributed by atoms with E-state index in [2.05, 4.69) is 10.6 Å². The maximum atomic E-state index is 13.3. The Labute approximate surface area is 145 Å². The van der Waals surface area contributed by atoms with E-state index in [-0.39, 0.29) is 24.3 Å². The first-order valence-corrected chi connectivity index (χ1v) is 8.18. The molecule has 1 aromatic heterocycles. The Morgan fingerprint density at radius 3 is 2.92 bits per heavy atom. The third kappa shape index (κ3) is 3.99. The number of urea groups is 1. The fourth-order valence-corrected chi connectivity index (χ4v) is 2.91. The van der Waals surface area contributed by atoms with E-state index in [4.69, 9.17) is 4.42 Å². The zero-order chi connectivity index (χ0) is 17.8. The van der Waals surface area contributed by atoms with Crippen LogP contribution in [0.15, 0.2) is 41.0 Å². The molecule has 132 valence electrons. The number of benzene rings is 1. The summed E-state index contributed by atoms with van der Waals surface area (Å²) in [6.45, 7) is 2.42. The SMILES string of the molecule is Cc1cc(NC(=O)N2CCC[C@H]2C(=O)NCc2ccco2)ccc1F. The van der Waals surface area contributed by atoms with Gasteiger partial charge in [0.05, 0.1) is 12.8 Å². The summed E-state index contributed by atoms with van der Waals surface area (Å²) in [6.07, 6.45) is 2.91. The number of carbonyl (C=O) groups is 2. The summed E-state index contributed by atoms with van der Waals surface area (Å²) >= 11 is 0. The molecule has 1 atom stereocenters. The summed E-state index contributed by atoms with van der Waals surface area (Å²) in [4.78, 5) is 26.4. The van der Waals surface area contributed by atoms with Gasteiger partial charge in [0.15, 0.2) is 0 Å². The minimum atomic E-state index is -0.517. The molecule has 2 N–H and O–H groups in total. The molecule has 25 heavy (non-hydrogen) atoms. The van der Waals surface area contributed by atoms with E-state index in [1.54, 1.807) is 31.4 Å². The van der Waals surface area contributed by atoms with Gasteiger partial charge in [0.1, 0.15) is 17.6 Å². The molecule has 1 aliphatic heterocycles. The highest BCUT2D eigenvalue weighted by molar-refractivity contribution is 5.94. The normalized spacial score (nSPS) is 16.7. The standard InChI is InChI=1S/C18H20FN3O3/c1-12-10-13(6-7-15(12)19)21-18(24)22-8-2-5-16(22)17(23)20-11-14-4-3-9-25-14/h3-4,6-7,9-10,16H,2,5,8,11H2,1H3,(H,20,23)(H,21,24)/t16-/m0/s1. The number of hydrogen-bond donors (Lipinski definition) is 2. The van der Waals surface area contributed by atoms with Gasteiger partial charge in [-0.15, -0.1) is 0 Å². The number of nitrogens with one attached hydrogen (secondary N) is 2. The van der Waals surface area contributed by atoms with Crippen LogP contribution in [0.25, 0.3) is 0 Å². The lowest BCUT2D eigenvalue weighted by molar-refractivity contribution is -0.124. The monoisotopic (exact) mass is 345 g/mol. The number of anilines is 1. The molecule has 6 nitrogen and oxygen atoms in total. The van der Waals surface area contributed by atoms with Crippen molar-refractivity contribution < 1.29 is 18.4 Å². The highest BCUT2D eigenvalue weighted by atomic mass is 19.1. The van der Waals surface area contributed by atoms with Crippen molar-refractivity contribution in [2.75, 3.05) is 11.9 Å². The zero-order valence-electron chi connectivity index (χ0n) is 13.9. The Bertz CT molecular complexity index is 761. The van der Waals surface area contributed by atoms with Crippen molar-refractivity contribution in [1.29, 1.82) is 0 Å². The fraction of sp³-hybridized carbons (Fsp3) is 0.333. The van der Waals surface area contributed by atoms with E-state index in [0.29, 0.717) is 30.0 Å². The second kappa shape index (κ2) is 7.38. The van der Waals surface area contributed by atoms with E-state index in [1.165, 1.54) is 17.0 Å². The molecule has 0 bridgehead atoms. The van der Waals surface area contributed by atoms with Crippen molar-refractivity contribution in [1.82, 2.24) is 10.2 Å². The Balaban J connectivity index is 1.60. The van der Waals surface area contributed by atoms with Gasteiger partial charge in [0.25, 0.3) is 0 Å². The van der Waals surface area contributed by atoms with Crippen LogP contribution in [0.1, 0.15) is 24.2 Å². The van der Waals surface area contributed by atoms with Crippen LogP contribution in [0.4, 0.5) is 14.9 Å². The van der Waals surface area contributed by atoms with Crippen molar-refractivity contribution in [2.45, 2.75) is 32.4 Å². The van der Waals surface area contributed by atoms with Gasteiger partial charge in [-0.1, -0.05) is 0 Å². The molecule has 1 saturated heterocycles. The van der Waals surface area contributed by atoms with Crippen molar-refractivity contribution in [3.63, 3.8) is 0 Å². The maximum absolute atomic E-state index is 13.3. The predicted octanol–water partition coefficient (Wildman–Crippen LogP) is 3.04. The van der Waals surface area contributed by atoms with Gasteiger partial charge in [0, 0.05) is 12.2 Å². The quantitative estimate of drug-likeness (QED) is 0.894. The lowest BCUT2D eigenvalue weighted by Gasteiger charge is -2.24. The molecule has 0 spiro atoms. The van der Waals surface area contributed by atoms with Crippen LogP contribution in [-0.4, -0.2) is 29.4 Å². The smallest absolute Gasteiger partial charge is 0.322 e. The third-order valence-corrected chi connectivity index (χ3v) is 4.24. The third-order valence-electron chi connectivity index (χ3n) is 4.24. The summed E-state index contributed by atoms with van der Waals surface area (Å²) < 4.78 is 18.5. The molecule has 0 aliphatic carbocycles. The molecule has 2 heterocycles. The van der Waals surface area contributed by atoms with Crippen molar-refractivity contribution >= 4 is 17.6 Å². The van der Waals surface area contributed by atoms with Gasteiger partial charge < -0.3 is 20.0 Å². The average molecular weight is 345 g/mol. The molecule has 1 aromatic carbocycles. The number of aryl methyl sites for hydroxylation is 1. The van der Waals surface area contributed by atoms with Crippen LogP contribution >= 0.6 is 0 Å². The topological polar surface area (TPSA) is 74.6 Å². The molecule has 2 aromatic rings. The van der Waals surface area contributed by atoms with Gasteiger partial charge in [-0.25, -0.2) is 9.18 Å². The maximum Gasteiger partial charge on any atom is 0.322 e. The van der Waals surface area contributed by atoms with Crippen molar-refractivity contribution in [3.8, 4) is 0 Å². The first-order valence-electron chi connectivity index (χ1n) is 8.18. The first-order chi connectivity index (χ1) is 12.0. The predicted molar refractivity (Wildman–Crippen MR) is 90.4 cm³/mol. The number of furan rings is 1. The molecule has 3 rings (SSSR count). The van der Waals surface area contributed by atoms with E-state index < -0.39 is 6.04 Å². The van der Waals surface area contributed by atoms with Crippen molar-refractivity contribution in [2.24, 2.45) is 0 Å². The Morgan fingerprint density at radius 2 is 2.20 bits per heavy atom. The Hall–Kier alpha value is -2.83. The summed E-state index contributed by atoms with van der Waals surface area (Å²) in [5.41, 5.74) is 0.956. The highest BCUT2D eigenvalue weighted by Gasteiger charge is 2.34. The molecule has 7 heteroatoms. The van der Waals surface area contributed by atoms with Gasteiger partial charge >= 0.3 is 6.03 Å². The molecule has 1 aliphatic rings. The largest absolute Gasteiger partial charge is 0.467 e. The van der Waals surface area contributed by atoms with Crippen LogP contribution in [0, 0.1) is 12.7 Å². The molecule has 1 fully saturated rings. The van der Waals surface area contributed by atoms with Crippen LogP contribution in [0.3, 0.4) is 0 Å². The van der Waals surface area contributed by atoms with Crippen LogP contribution in [-0.2, 0) is 11.3 Å². The first kappa shape index (κ1) is 17.0. The van der Waals surface area contributed by atoms with E-state index >= 15 is 0 Å². The molecule has 0 saturated carbocycles. The number of carbonyl (C=O) groups excluding carboxylic acids is 2.